The molecule has 1 saturated carbocycles. The van der Waals surface area contributed by atoms with Crippen molar-refractivity contribution in [1.82, 2.24) is 10.2 Å². The number of ether oxygens (including phenoxy) is 2. The van der Waals surface area contributed by atoms with Gasteiger partial charge in [-0.05, 0) is 47.9 Å². The maximum absolute atomic E-state index is 13.5. The van der Waals surface area contributed by atoms with Crippen molar-refractivity contribution in [3.8, 4) is 11.1 Å². The summed E-state index contributed by atoms with van der Waals surface area (Å²) in [6.07, 6.45) is 0.348. The maximum atomic E-state index is 13.5. The van der Waals surface area contributed by atoms with Gasteiger partial charge in [0.2, 0.25) is 5.91 Å². The van der Waals surface area contributed by atoms with E-state index in [-0.39, 0.29) is 43.9 Å². The predicted octanol–water partition coefficient (Wildman–Crippen LogP) is 3.40. The van der Waals surface area contributed by atoms with Crippen LogP contribution >= 0.6 is 0 Å². The highest BCUT2D eigenvalue weighted by Gasteiger charge is 2.51. The molecule has 2 aliphatic carbocycles. The first-order valence-electron chi connectivity index (χ1n) is 12.1. The van der Waals surface area contributed by atoms with Crippen LogP contribution in [0.15, 0.2) is 48.5 Å². The number of hydrogen-bond donors (Lipinski definition) is 2. The second kappa shape index (κ2) is 9.34. The minimum atomic E-state index is -1.10. The number of nitrogens with zero attached hydrogens (tertiary/aromatic N) is 1. The molecule has 1 saturated heterocycles. The molecule has 8 nitrogen and oxygen atoms in total. The summed E-state index contributed by atoms with van der Waals surface area (Å²) >= 11 is 0. The van der Waals surface area contributed by atoms with Gasteiger partial charge in [0.25, 0.3) is 0 Å². The number of carboxylic acids is 1. The van der Waals surface area contributed by atoms with E-state index < -0.39 is 23.7 Å². The van der Waals surface area contributed by atoms with Crippen molar-refractivity contribution in [2.24, 2.45) is 5.92 Å². The van der Waals surface area contributed by atoms with Crippen LogP contribution in [0.25, 0.3) is 11.1 Å². The summed E-state index contributed by atoms with van der Waals surface area (Å²) in [7, 11) is 0. The highest BCUT2D eigenvalue weighted by atomic mass is 16.5. The van der Waals surface area contributed by atoms with Gasteiger partial charge in [-0.15, -0.1) is 0 Å². The number of morpholine rings is 1. The Balaban J connectivity index is 1.26. The van der Waals surface area contributed by atoms with E-state index in [2.05, 4.69) is 29.6 Å². The summed E-state index contributed by atoms with van der Waals surface area (Å²) in [4.78, 5) is 39.2. The van der Waals surface area contributed by atoms with E-state index >= 15 is 0 Å². The van der Waals surface area contributed by atoms with Crippen molar-refractivity contribution < 1.29 is 29.0 Å². The Hall–Kier alpha value is -3.39. The van der Waals surface area contributed by atoms with Crippen LogP contribution < -0.4 is 5.32 Å². The molecule has 2 atom stereocenters. The third-order valence-electron chi connectivity index (χ3n) is 7.37. The van der Waals surface area contributed by atoms with Crippen molar-refractivity contribution in [1.29, 1.82) is 0 Å². The van der Waals surface area contributed by atoms with E-state index in [1.54, 1.807) is 11.8 Å². The second-order valence-corrected chi connectivity index (χ2v) is 9.77. The van der Waals surface area contributed by atoms with Crippen molar-refractivity contribution in [3.05, 3.63) is 59.7 Å². The minimum Gasteiger partial charge on any atom is -0.481 e. The number of benzene rings is 2. The summed E-state index contributed by atoms with van der Waals surface area (Å²) in [5.74, 6) is -1.22. The SMILES string of the molecule is CC(NC(=O)OCC1c2ccccc2-c2ccccc21)(C(=O)N1CCOC(CC(=O)O)C1)C1CC1. The first-order chi connectivity index (χ1) is 16.9. The molecular weight excluding hydrogens is 448 g/mol. The normalized spacial score (nSPS) is 20.9. The molecule has 2 unspecified atom stereocenters. The van der Waals surface area contributed by atoms with Gasteiger partial charge in [-0.2, -0.15) is 0 Å². The van der Waals surface area contributed by atoms with E-state index in [1.807, 2.05) is 24.3 Å². The van der Waals surface area contributed by atoms with Crippen LogP contribution in [0.5, 0.6) is 0 Å². The summed E-state index contributed by atoms with van der Waals surface area (Å²) in [6, 6.07) is 16.3. The van der Waals surface area contributed by atoms with E-state index in [4.69, 9.17) is 14.6 Å². The third kappa shape index (κ3) is 4.62. The number of rotatable bonds is 7. The lowest BCUT2D eigenvalue weighted by Crippen LogP contribution is -2.62. The zero-order chi connectivity index (χ0) is 24.6. The van der Waals surface area contributed by atoms with Gasteiger partial charge in [-0.25, -0.2) is 4.79 Å². The molecule has 8 heteroatoms. The van der Waals surface area contributed by atoms with E-state index in [0.29, 0.717) is 6.54 Å². The monoisotopic (exact) mass is 478 g/mol. The summed E-state index contributed by atoms with van der Waals surface area (Å²) < 4.78 is 11.2. The van der Waals surface area contributed by atoms with Gasteiger partial charge in [0.15, 0.2) is 0 Å². The predicted molar refractivity (Wildman–Crippen MR) is 128 cm³/mol. The van der Waals surface area contributed by atoms with Crippen molar-refractivity contribution >= 4 is 18.0 Å². The molecule has 1 heterocycles. The number of carbonyl (C=O) groups is 3. The molecule has 0 spiro atoms. The van der Waals surface area contributed by atoms with Crippen molar-refractivity contribution in [2.75, 3.05) is 26.3 Å². The quantitative estimate of drug-likeness (QED) is 0.632. The van der Waals surface area contributed by atoms with Crippen LogP contribution in [-0.2, 0) is 19.1 Å². The number of alkyl carbamates (subject to hydrolysis) is 1. The molecular formula is C27H30N2O6. The average molecular weight is 479 g/mol. The Morgan fingerprint density at radius 3 is 2.31 bits per heavy atom. The Morgan fingerprint density at radius 2 is 1.71 bits per heavy atom. The minimum absolute atomic E-state index is 0.0243. The number of aliphatic carboxylic acids is 1. The molecule has 2 aromatic rings. The Morgan fingerprint density at radius 1 is 1.09 bits per heavy atom. The first kappa shape index (κ1) is 23.4. The number of hydrogen-bond acceptors (Lipinski definition) is 5. The van der Waals surface area contributed by atoms with E-state index in [1.165, 1.54) is 0 Å². The van der Waals surface area contributed by atoms with E-state index in [9.17, 15) is 14.4 Å². The lowest BCUT2D eigenvalue weighted by molar-refractivity contribution is -0.151. The van der Waals surface area contributed by atoms with Gasteiger partial charge in [0.1, 0.15) is 12.1 Å². The van der Waals surface area contributed by atoms with Crippen LogP contribution in [0.4, 0.5) is 4.79 Å². The van der Waals surface area contributed by atoms with Gasteiger partial charge in [0.05, 0.1) is 19.1 Å². The van der Waals surface area contributed by atoms with Crippen LogP contribution in [0, 0.1) is 5.92 Å². The number of nitrogens with one attached hydrogen (secondary N) is 1. The molecule has 2 fully saturated rings. The zero-order valence-corrected chi connectivity index (χ0v) is 19.7. The lowest BCUT2D eigenvalue weighted by Gasteiger charge is -2.39. The fourth-order valence-electron chi connectivity index (χ4n) is 5.39. The molecule has 3 aliphatic rings. The largest absolute Gasteiger partial charge is 0.481 e. The average Bonchev–Trinajstić information content (AvgIpc) is 3.66. The maximum Gasteiger partial charge on any atom is 0.408 e. The highest BCUT2D eigenvalue weighted by molar-refractivity contribution is 5.90. The van der Waals surface area contributed by atoms with Crippen LogP contribution in [0.1, 0.15) is 43.2 Å². The smallest absolute Gasteiger partial charge is 0.408 e. The Bertz CT molecular complexity index is 1100. The molecule has 5 rings (SSSR count). The fraction of sp³-hybridized carbons (Fsp3) is 0.444. The van der Waals surface area contributed by atoms with Gasteiger partial charge < -0.3 is 24.8 Å². The van der Waals surface area contributed by atoms with Crippen LogP contribution in [-0.4, -0.2) is 65.9 Å². The van der Waals surface area contributed by atoms with Crippen molar-refractivity contribution in [3.63, 3.8) is 0 Å². The standard InChI is InChI=1S/C27H30N2O6/c1-27(17-10-11-17,25(32)29-12-13-34-18(15-29)14-24(30)31)28-26(33)35-16-23-21-8-4-2-6-19(21)20-7-3-5-9-22(20)23/h2-9,17-18,23H,10-16H2,1H3,(H,28,33)(H,30,31). The molecule has 0 aromatic heterocycles. The van der Waals surface area contributed by atoms with Gasteiger partial charge >= 0.3 is 12.1 Å². The second-order valence-electron chi connectivity index (χ2n) is 9.77. The third-order valence-corrected chi connectivity index (χ3v) is 7.37. The van der Waals surface area contributed by atoms with Gasteiger partial charge in [0, 0.05) is 19.0 Å². The van der Waals surface area contributed by atoms with Gasteiger partial charge in [-0.3, -0.25) is 9.59 Å². The van der Waals surface area contributed by atoms with E-state index in [0.717, 1.165) is 35.1 Å². The Labute approximate surface area is 204 Å². The number of carboxylic acid groups (broad SMARTS) is 1. The number of carbonyl (C=O) groups excluding carboxylic acids is 2. The highest BCUT2D eigenvalue weighted by Crippen LogP contribution is 2.45. The molecule has 0 radical (unpaired) electrons. The molecule has 2 amide bonds. The molecule has 0 bridgehead atoms. The number of fused-ring (bicyclic) bond motifs is 3. The molecule has 2 aromatic carbocycles. The lowest BCUT2D eigenvalue weighted by atomic mass is 9.93. The molecule has 1 aliphatic heterocycles. The van der Waals surface area contributed by atoms with Gasteiger partial charge in [-0.1, -0.05) is 48.5 Å². The molecule has 184 valence electrons. The topological polar surface area (TPSA) is 105 Å². The summed E-state index contributed by atoms with van der Waals surface area (Å²) in [5, 5.41) is 12.0. The summed E-state index contributed by atoms with van der Waals surface area (Å²) in [6.45, 7) is 2.75. The molecule has 35 heavy (non-hydrogen) atoms. The fourth-order valence-corrected chi connectivity index (χ4v) is 5.39. The first-order valence-corrected chi connectivity index (χ1v) is 12.1. The Kier molecular flexibility index (Phi) is 6.23. The summed E-state index contributed by atoms with van der Waals surface area (Å²) in [5.41, 5.74) is 3.45. The zero-order valence-electron chi connectivity index (χ0n) is 19.7. The van der Waals surface area contributed by atoms with Crippen LogP contribution in [0.2, 0.25) is 0 Å². The number of amides is 2. The van der Waals surface area contributed by atoms with Crippen molar-refractivity contribution in [2.45, 2.75) is 43.7 Å². The molecule has 2 N–H and O–H groups in total. The van der Waals surface area contributed by atoms with Crippen LogP contribution in [0.3, 0.4) is 0 Å².